The molecule has 3 aromatic heterocycles. The van der Waals surface area contributed by atoms with Crippen LogP contribution < -0.4 is 5.32 Å². The molecule has 3 aromatic rings. The number of rotatable bonds is 4. The Morgan fingerprint density at radius 2 is 2.32 bits per heavy atom. The molecule has 7 heteroatoms. The van der Waals surface area contributed by atoms with E-state index in [4.69, 9.17) is 4.52 Å². The summed E-state index contributed by atoms with van der Waals surface area (Å²) in [6, 6.07) is 5.82. The van der Waals surface area contributed by atoms with E-state index in [2.05, 4.69) is 15.5 Å². The average Bonchev–Trinajstić information content (AvgIpc) is 2.93. The quantitative estimate of drug-likeness (QED) is 0.789. The third-order valence-electron chi connectivity index (χ3n) is 3.79. The summed E-state index contributed by atoms with van der Waals surface area (Å²) in [5, 5.41) is 9.65. The maximum atomic E-state index is 12.6. The Hall–Kier alpha value is -1.99. The van der Waals surface area contributed by atoms with Gasteiger partial charge in [0, 0.05) is 17.1 Å². The summed E-state index contributed by atoms with van der Waals surface area (Å²) in [6.07, 6.45) is 3.34. The third kappa shape index (κ3) is 2.26. The van der Waals surface area contributed by atoms with E-state index in [1.54, 1.807) is 17.5 Å². The molecule has 1 saturated carbocycles. The van der Waals surface area contributed by atoms with Crippen LogP contribution in [0.1, 0.15) is 23.4 Å². The minimum Gasteiger partial charge on any atom is -0.355 e. The fourth-order valence-corrected chi connectivity index (χ4v) is 3.72. The van der Waals surface area contributed by atoms with Gasteiger partial charge in [-0.25, -0.2) is 4.98 Å². The number of hydrogen-bond acceptors (Lipinski definition) is 6. The van der Waals surface area contributed by atoms with Crippen molar-refractivity contribution in [2.24, 2.45) is 0 Å². The first-order valence-corrected chi connectivity index (χ1v) is 8.62. The van der Waals surface area contributed by atoms with E-state index >= 15 is 0 Å². The summed E-state index contributed by atoms with van der Waals surface area (Å²) < 4.78 is 5.41. The highest BCUT2D eigenvalue weighted by atomic mass is 32.1. The minimum absolute atomic E-state index is 0.0483. The van der Waals surface area contributed by atoms with Crippen LogP contribution in [0, 0.1) is 6.92 Å². The predicted octanol–water partition coefficient (Wildman–Crippen LogP) is 3.84. The molecule has 112 valence electrons. The van der Waals surface area contributed by atoms with E-state index < -0.39 is 5.41 Å². The molecule has 22 heavy (non-hydrogen) atoms. The van der Waals surface area contributed by atoms with E-state index in [9.17, 15) is 4.79 Å². The lowest BCUT2D eigenvalue weighted by atomic mass is 10.0. The van der Waals surface area contributed by atoms with Gasteiger partial charge >= 0.3 is 0 Å². The average molecular weight is 331 g/mol. The first kappa shape index (κ1) is 13.7. The molecule has 0 spiro atoms. The summed E-state index contributed by atoms with van der Waals surface area (Å²) in [5.41, 5.74) is 0.153. The molecule has 0 aliphatic heterocycles. The van der Waals surface area contributed by atoms with Gasteiger partial charge in [0.1, 0.15) is 0 Å². The van der Waals surface area contributed by atoms with Crippen molar-refractivity contribution in [2.45, 2.75) is 25.2 Å². The second-order valence-corrected chi connectivity index (χ2v) is 7.55. The maximum Gasteiger partial charge on any atom is 0.238 e. The molecule has 4 rings (SSSR count). The van der Waals surface area contributed by atoms with Crippen molar-refractivity contribution in [1.82, 2.24) is 10.1 Å². The number of thiazole rings is 1. The van der Waals surface area contributed by atoms with E-state index in [1.807, 2.05) is 30.5 Å². The fraction of sp³-hybridized carbons (Fsp3) is 0.267. The van der Waals surface area contributed by atoms with E-state index in [0.717, 1.165) is 22.6 Å². The largest absolute Gasteiger partial charge is 0.355 e. The Balaban J connectivity index is 1.57. The van der Waals surface area contributed by atoms with Crippen molar-refractivity contribution in [3.05, 3.63) is 40.3 Å². The van der Waals surface area contributed by atoms with Crippen LogP contribution in [0.5, 0.6) is 0 Å². The number of hydrogen-bond donors (Lipinski definition) is 1. The van der Waals surface area contributed by atoms with Crippen molar-refractivity contribution in [2.75, 3.05) is 5.32 Å². The van der Waals surface area contributed by atoms with E-state index in [1.165, 1.54) is 11.3 Å². The van der Waals surface area contributed by atoms with Gasteiger partial charge in [0.15, 0.2) is 10.9 Å². The number of carbonyl (C=O) groups excluding carboxylic acids is 1. The van der Waals surface area contributed by atoms with E-state index in [0.29, 0.717) is 16.6 Å². The normalized spacial score (nSPS) is 15.7. The van der Waals surface area contributed by atoms with Crippen molar-refractivity contribution >= 4 is 33.7 Å². The van der Waals surface area contributed by atoms with Crippen LogP contribution in [0.15, 0.2) is 34.3 Å². The Kier molecular flexibility index (Phi) is 3.12. The Morgan fingerprint density at radius 1 is 1.45 bits per heavy atom. The van der Waals surface area contributed by atoms with Gasteiger partial charge in [-0.3, -0.25) is 4.79 Å². The molecule has 1 aliphatic rings. The van der Waals surface area contributed by atoms with Crippen molar-refractivity contribution < 1.29 is 9.32 Å². The molecule has 1 amide bonds. The van der Waals surface area contributed by atoms with Gasteiger partial charge < -0.3 is 9.84 Å². The Morgan fingerprint density at radius 3 is 2.95 bits per heavy atom. The topological polar surface area (TPSA) is 68.0 Å². The molecule has 1 aliphatic carbocycles. The SMILES string of the molecule is Cc1cnc(NC(=O)C2(c3cc(-c4cccs4)on3)CC2)s1. The highest BCUT2D eigenvalue weighted by Gasteiger charge is 2.54. The lowest BCUT2D eigenvalue weighted by Crippen LogP contribution is -2.28. The number of thiophene rings is 1. The van der Waals surface area contributed by atoms with Crippen molar-refractivity contribution in [3.63, 3.8) is 0 Å². The number of amides is 1. The molecule has 1 fully saturated rings. The summed E-state index contributed by atoms with van der Waals surface area (Å²) in [4.78, 5) is 18.8. The monoisotopic (exact) mass is 331 g/mol. The number of nitrogens with zero attached hydrogens (tertiary/aromatic N) is 2. The zero-order chi connectivity index (χ0) is 15.2. The molecule has 0 bridgehead atoms. The van der Waals surface area contributed by atoms with Crippen molar-refractivity contribution in [1.29, 1.82) is 0 Å². The molecule has 0 unspecified atom stereocenters. The lowest BCUT2D eigenvalue weighted by molar-refractivity contribution is -0.118. The van der Waals surface area contributed by atoms with Crippen LogP contribution >= 0.6 is 22.7 Å². The van der Waals surface area contributed by atoms with Crippen LogP contribution in [-0.4, -0.2) is 16.0 Å². The first-order valence-electron chi connectivity index (χ1n) is 6.92. The van der Waals surface area contributed by atoms with Gasteiger partial charge in [-0.15, -0.1) is 22.7 Å². The molecule has 3 heterocycles. The van der Waals surface area contributed by atoms with Gasteiger partial charge in [0.2, 0.25) is 5.91 Å². The highest BCUT2D eigenvalue weighted by molar-refractivity contribution is 7.15. The lowest BCUT2D eigenvalue weighted by Gasteiger charge is -2.10. The molecule has 0 atom stereocenters. The number of carbonyl (C=O) groups is 1. The summed E-state index contributed by atoms with van der Waals surface area (Å²) in [7, 11) is 0. The first-order chi connectivity index (χ1) is 10.7. The van der Waals surface area contributed by atoms with Gasteiger partial charge in [0.05, 0.1) is 16.0 Å². The second kappa shape index (κ2) is 5.03. The zero-order valence-corrected chi connectivity index (χ0v) is 13.5. The summed E-state index contributed by atoms with van der Waals surface area (Å²) >= 11 is 3.06. The number of anilines is 1. The number of nitrogens with one attached hydrogen (secondary N) is 1. The van der Waals surface area contributed by atoms with Crippen molar-refractivity contribution in [3.8, 4) is 10.6 Å². The number of aromatic nitrogens is 2. The van der Waals surface area contributed by atoms with Crippen LogP contribution in [-0.2, 0) is 10.2 Å². The van der Waals surface area contributed by atoms with Crippen LogP contribution in [0.3, 0.4) is 0 Å². The van der Waals surface area contributed by atoms with Gasteiger partial charge in [-0.2, -0.15) is 0 Å². The molecule has 1 N–H and O–H groups in total. The Bertz CT molecular complexity index is 816. The fourth-order valence-electron chi connectivity index (χ4n) is 2.39. The van der Waals surface area contributed by atoms with Gasteiger partial charge in [-0.1, -0.05) is 11.2 Å². The number of aryl methyl sites for hydroxylation is 1. The molecular weight excluding hydrogens is 318 g/mol. The highest BCUT2D eigenvalue weighted by Crippen LogP contribution is 2.49. The maximum absolute atomic E-state index is 12.6. The second-order valence-electron chi connectivity index (χ2n) is 5.37. The molecule has 5 nitrogen and oxygen atoms in total. The minimum atomic E-state index is -0.557. The third-order valence-corrected chi connectivity index (χ3v) is 5.50. The molecule has 0 radical (unpaired) electrons. The predicted molar refractivity (Wildman–Crippen MR) is 86.2 cm³/mol. The summed E-state index contributed by atoms with van der Waals surface area (Å²) in [5.74, 6) is 0.669. The van der Waals surface area contributed by atoms with Crippen LogP contribution in [0.2, 0.25) is 0 Å². The molecule has 0 saturated heterocycles. The zero-order valence-electron chi connectivity index (χ0n) is 11.8. The van der Waals surface area contributed by atoms with Crippen LogP contribution in [0.4, 0.5) is 5.13 Å². The van der Waals surface area contributed by atoms with Gasteiger partial charge in [0.25, 0.3) is 0 Å². The van der Waals surface area contributed by atoms with Crippen LogP contribution in [0.25, 0.3) is 10.6 Å². The Labute approximate surface area is 135 Å². The summed E-state index contributed by atoms with van der Waals surface area (Å²) in [6.45, 7) is 1.96. The standard InChI is InChI=1S/C15H13N3O2S2/c1-9-8-16-14(22-9)17-13(19)15(4-5-15)12-7-10(20-18-12)11-3-2-6-21-11/h2-3,6-8H,4-5H2,1H3,(H,16,17,19). The van der Waals surface area contributed by atoms with E-state index in [-0.39, 0.29) is 5.91 Å². The molecule has 0 aromatic carbocycles. The molecular formula is C15H13N3O2S2. The van der Waals surface area contributed by atoms with Gasteiger partial charge in [-0.05, 0) is 31.2 Å². The smallest absolute Gasteiger partial charge is 0.238 e.